The lowest BCUT2D eigenvalue weighted by molar-refractivity contribution is 0.101. The number of aromatic nitrogens is 2. The van der Waals surface area contributed by atoms with Crippen molar-refractivity contribution in [2.75, 3.05) is 0 Å². The molecule has 0 spiro atoms. The molecular weight excluding hydrogens is 220 g/mol. The number of thiazole rings is 1. The molecule has 0 N–H and O–H groups in total. The van der Waals surface area contributed by atoms with Gasteiger partial charge < -0.3 is 0 Å². The normalized spacial score (nSPS) is 8.56. The van der Waals surface area contributed by atoms with Gasteiger partial charge in [0, 0.05) is 13.1 Å². The number of Topliss-reactive ketones (excluding diaryl/α,β-unsaturated/α-hetero) is 1. The van der Waals surface area contributed by atoms with E-state index in [9.17, 15) is 4.79 Å². The first kappa shape index (κ1) is 14.7. The summed E-state index contributed by atoms with van der Waals surface area (Å²) in [5.41, 5.74) is 0.660. The summed E-state index contributed by atoms with van der Waals surface area (Å²) < 4.78 is 0.961. The number of hydrogen-bond acceptors (Lipinski definition) is 4. The van der Waals surface area contributed by atoms with Gasteiger partial charge in [0.25, 0.3) is 0 Å². The Morgan fingerprint density at radius 1 is 1.25 bits per heavy atom. The van der Waals surface area contributed by atoms with Crippen LogP contribution in [-0.4, -0.2) is 15.8 Å². The Bertz CT molecular complexity index is 404. The van der Waals surface area contributed by atoms with Crippen LogP contribution in [0.3, 0.4) is 0 Å². The molecule has 0 amide bonds. The molecule has 0 atom stereocenters. The van der Waals surface area contributed by atoms with Gasteiger partial charge in [-0.25, -0.2) is 9.97 Å². The molecule has 2 aromatic rings. The summed E-state index contributed by atoms with van der Waals surface area (Å²) in [5, 5.41) is 0.531. The van der Waals surface area contributed by atoms with Crippen molar-refractivity contribution in [2.45, 2.75) is 34.6 Å². The number of rotatable bonds is 1. The molecule has 0 saturated heterocycles. The lowest BCUT2D eigenvalue weighted by Crippen LogP contribution is -1.88. The lowest BCUT2D eigenvalue weighted by Gasteiger charge is -1.80. The minimum Gasteiger partial charge on any atom is -0.292 e. The zero-order valence-electron chi connectivity index (χ0n) is 10.4. The predicted octanol–water partition coefficient (Wildman–Crippen LogP) is 3.95. The van der Waals surface area contributed by atoms with Crippen LogP contribution in [0.25, 0.3) is 10.3 Å². The number of carbonyl (C=O) groups is 1. The smallest absolute Gasteiger partial charge is 0.188 e. The Kier molecular flexibility index (Phi) is 7.29. The number of nitrogens with zero attached hydrogens (tertiary/aromatic N) is 2. The summed E-state index contributed by atoms with van der Waals surface area (Å²) in [6, 6.07) is 3.75. The van der Waals surface area contributed by atoms with Gasteiger partial charge in [0.2, 0.25) is 0 Å². The summed E-state index contributed by atoms with van der Waals surface area (Å²) >= 11 is 1.38. The maximum Gasteiger partial charge on any atom is 0.188 e. The summed E-state index contributed by atoms with van der Waals surface area (Å²) in [6.45, 7) is 9.51. The maximum atomic E-state index is 10.9. The number of carbonyl (C=O) groups excluding carboxylic acids is 1. The fourth-order valence-corrected chi connectivity index (χ4v) is 1.74. The van der Waals surface area contributed by atoms with Crippen molar-refractivity contribution in [1.29, 1.82) is 0 Å². The third-order valence-electron chi connectivity index (χ3n) is 1.47. The summed E-state index contributed by atoms with van der Waals surface area (Å²) in [4.78, 5) is 19.0. The van der Waals surface area contributed by atoms with Crippen LogP contribution in [0.4, 0.5) is 0 Å². The molecule has 2 heterocycles. The Morgan fingerprint density at radius 3 is 2.38 bits per heavy atom. The Hall–Kier alpha value is -1.29. The Balaban J connectivity index is 0.000000509. The van der Waals surface area contributed by atoms with Gasteiger partial charge in [0.1, 0.15) is 0 Å². The first-order valence-electron chi connectivity index (χ1n) is 5.50. The highest BCUT2D eigenvalue weighted by molar-refractivity contribution is 7.20. The molecule has 0 aliphatic carbocycles. The molecule has 0 radical (unpaired) electrons. The molecule has 0 aliphatic heterocycles. The van der Waals surface area contributed by atoms with E-state index in [2.05, 4.69) is 9.97 Å². The van der Waals surface area contributed by atoms with E-state index < -0.39 is 0 Å². The molecule has 3 nitrogen and oxygen atoms in total. The largest absolute Gasteiger partial charge is 0.292 e. The molecule has 0 saturated carbocycles. The van der Waals surface area contributed by atoms with E-state index >= 15 is 0 Å². The van der Waals surface area contributed by atoms with Gasteiger partial charge in [-0.15, -0.1) is 11.3 Å². The minimum absolute atomic E-state index is 0.00185. The Morgan fingerprint density at radius 2 is 1.88 bits per heavy atom. The van der Waals surface area contributed by atoms with E-state index in [1.807, 2.05) is 39.8 Å². The zero-order valence-corrected chi connectivity index (χ0v) is 11.3. The quantitative estimate of drug-likeness (QED) is 0.706. The van der Waals surface area contributed by atoms with E-state index in [0.29, 0.717) is 10.7 Å². The van der Waals surface area contributed by atoms with Gasteiger partial charge in [-0.2, -0.15) is 0 Å². The van der Waals surface area contributed by atoms with Crippen LogP contribution < -0.4 is 0 Å². The molecule has 0 aliphatic rings. The van der Waals surface area contributed by atoms with Crippen LogP contribution in [0.2, 0.25) is 0 Å². The lowest BCUT2D eigenvalue weighted by atomic mass is 10.5. The SMILES string of the molecule is CC.CC.CC(=O)c1nc2ncccc2s1. The van der Waals surface area contributed by atoms with Crippen molar-refractivity contribution in [3.05, 3.63) is 23.3 Å². The van der Waals surface area contributed by atoms with Gasteiger partial charge >= 0.3 is 0 Å². The van der Waals surface area contributed by atoms with E-state index in [1.54, 1.807) is 6.20 Å². The Labute approximate surface area is 101 Å². The second kappa shape index (κ2) is 7.93. The van der Waals surface area contributed by atoms with Crippen LogP contribution in [0.5, 0.6) is 0 Å². The molecule has 2 rings (SSSR count). The molecule has 4 heteroatoms. The highest BCUT2D eigenvalue weighted by Gasteiger charge is 2.06. The van der Waals surface area contributed by atoms with Crippen LogP contribution >= 0.6 is 11.3 Å². The fraction of sp³-hybridized carbons (Fsp3) is 0.417. The zero-order chi connectivity index (χ0) is 12.6. The minimum atomic E-state index is -0.00185. The van der Waals surface area contributed by atoms with E-state index in [4.69, 9.17) is 0 Å². The molecular formula is C12H18N2OS. The van der Waals surface area contributed by atoms with Crippen molar-refractivity contribution in [1.82, 2.24) is 9.97 Å². The molecule has 2 aromatic heterocycles. The van der Waals surface area contributed by atoms with Crippen LogP contribution in [0.15, 0.2) is 18.3 Å². The average Bonchev–Trinajstić information content (AvgIpc) is 2.78. The van der Waals surface area contributed by atoms with Crippen molar-refractivity contribution in [3.63, 3.8) is 0 Å². The first-order valence-corrected chi connectivity index (χ1v) is 6.31. The highest BCUT2D eigenvalue weighted by atomic mass is 32.1. The van der Waals surface area contributed by atoms with Crippen molar-refractivity contribution in [3.8, 4) is 0 Å². The standard InChI is InChI=1S/C8H6N2OS.2C2H6/c1-5(11)8-10-7-6(12-8)3-2-4-9-7;2*1-2/h2-4H,1H3;2*1-2H3. The second-order valence-electron chi connectivity index (χ2n) is 2.40. The third kappa shape index (κ3) is 3.70. The predicted molar refractivity (Wildman–Crippen MR) is 70.1 cm³/mol. The van der Waals surface area contributed by atoms with Gasteiger partial charge in [-0.1, -0.05) is 27.7 Å². The maximum absolute atomic E-state index is 10.9. The van der Waals surface area contributed by atoms with E-state index in [1.165, 1.54) is 18.3 Å². The van der Waals surface area contributed by atoms with Gasteiger partial charge in [-0.3, -0.25) is 4.79 Å². The molecule has 88 valence electrons. The molecule has 0 unspecified atom stereocenters. The van der Waals surface area contributed by atoms with Gasteiger partial charge in [0.15, 0.2) is 16.4 Å². The average molecular weight is 238 g/mol. The third-order valence-corrected chi connectivity index (χ3v) is 2.58. The van der Waals surface area contributed by atoms with Crippen molar-refractivity contribution >= 4 is 27.5 Å². The first-order chi connectivity index (χ1) is 7.77. The highest BCUT2D eigenvalue weighted by Crippen LogP contribution is 2.19. The molecule has 0 fully saturated rings. The number of hydrogen-bond donors (Lipinski definition) is 0. The summed E-state index contributed by atoms with van der Waals surface area (Å²) in [6.07, 6.45) is 1.67. The summed E-state index contributed by atoms with van der Waals surface area (Å²) in [5.74, 6) is -0.00185. The van der Waals surface area contributed by atoms with Crippen LogP contribution in [0, 0.1) is 0 Å². The molecule has 16 heavy (non-hydrogen) atoms. The van der Waals surface area contributed by atoms with Crippen molar-refractivity contribution < 1.29 is 4.79 Å². The molecule has 0 aromatic carbocycles. The van der Waals surface area contributed by atoms with Gasteiger partial charge in [-0.05, 0) is 12.1 Å². The topological polar surface area (TPSA) is 42.9 Å². The number of ketones is 1. The number of fused-ring (bicyclic) bond motifs is 1. The van der Waals surface area contributed by atoms with Gasteiger partial charge in [0.05, 0.1) is 4.70 Å². The second-order valence-corrected chi connectivity index (χ2v) is 3.43. The van der Waals surface area contributed by atoms with E-state index in [0.717, 1.165) is 4.70 Å². The fourth-order valence-electron chi connectivity index (χ4n) is 0.920. The van der Waals surface area contributed by atoms with Crippen molar-refractivity contribution in [2.24, 2.45) is 0 Å². The summed E-state index contributed by atoms with van der Waals surface area (Å²) in [7, 11) is 0. The van der Waals surface area contributed by atoms with E-state index in [-0.39, 0.29) is 5.78 Å². The number of pyridine rings is 1. The van der Waals surface area contributed by atoms with Crippen LogP contribution in [-0.2, 0) is 0 Å². The molecule has 0 bridgehead atoms. The van der Waals surface area contributed by atoms with Crippen LogP contribution in [0.1, 0.15) is 44.4 Å². The monoisotopic (exact) mass is 238 g/mol.